The Hall–Kier alpha value is -1.20. The van der Waals surface area contributed by atoms with Crippen LogP contribution in [0.4, 0.5) is 14.5 Å². The van der Waals surface area contributed by atoms with Crippen LogP contribution < -0.4 is 15.5 Å². The van der Waals surface area contributed by atoms with Gasteiger partial charge in [0.1, 0.15) is 11.6 Å². The highest BCUT2D eigenvalue weighted by molar-refractivity contribution is 14.0. The van der Waals surface area contributed by atoms with Crippen LogP contribution in [0.3, 0.4) is 0 Å². The van der Waals surface area contributed by atoms with Gasteiger partial charge in [-0.05, 0) is 51.9 Å². The van der Waals surface area contributed by atoms with Gasteiger partial charge >= 0.3 is 0 Å². The van der Waals surface area contributed by atoms with Gasteiger partial charge in [-0.3, -0.25) is 4.99 Å². The minimum absolute atomic E-state index is 0. The van der Waals surface area contributed by atoms with E-state index >= 15 is 0 Å². The Kier molecular flexibility index (Phi) is 11.2. The number of nitrogens with one attached hydrogen (secondary N) is 2. The molecule has 0 amide bonds. The second kappa shape index (κ2) is 13.4. The fourth-order valence-electron chi connectivity index (χ4n) is 4.06. The van der Waals surface area contributed by atoms with Gasteiger partial charge in [-0.2, -0.15) is 0 Å². The monoisotopic (exact) mass is 550 g/mol. The number of piperazine rings is 1. The first-order valence-electron chi connectivity index (χ1n) is 11.2. The van der Waals surface area contributed by atoms with E-state index in [2.05, 4.69) is 34.4 Å². The molecule has 2 saturated heterocycles. The number of aliphatic imine (C=N–C) groups is 1. The fraction of sp³-hybridized carbons (Fsp3) is 0.682. The van der Waals surface area contributed by atoms with Crippen molar-refractivity contribution in [3.05, 3.63) is 29.8 Å². The smallest absolute Gasteiger partial charge is 0.191 e. The maximum absolute atomic E-state index is 14.1. The highest BCUT2D eigenvalue weighted by Gasteiger charge is 2.25. The number of rotatable bonds is 8. The van der Waals surface area contributed by atoms with E-state index in [0.717, 1.165) is 83.6 Å². The molecule has 6 nitrogen and oxygen atoms in total. The van der Waals surface area contributed by atoms with E-state index in [9.17, 15) is 8.78 Å². The van der Waals surface area contributed by atoms with Crippen LogP contribution in [0.2, 0.25) is 0 Å². The summed E-state index contributed by atoms with van der Waals surface area (Å²) in [4.78, 5) is 11.6. The van der Waals surface area contributed by atoms with Gasteiger partial charge in [0.15, 0.2) is 5.96 Å². The lowest BCUT2D eigenvalue weighted by atomic mass is 10.2. The summed E-state index contributed by atoms with van der Waals surface area (Å²) in [6.45, 7) is 10.9. The molecule has 0 radical (unpaired) electrons. The Morgan fingerprint density at radius 2 is 1.90 bits per heavy atom. The SMILES string of the molecule is CCNC(=NCCCCN1CCN(C)CC1)NC1CCN(c2ccc(F)cc2F)C1.I. The van der Waals surface area contributed by atoms with Crippen molar-refractivity contribution in [1.82, 2.24) is 20.4 Å². The maximum atomic E-state index is 14.1. The number of halogens is 3. The number of guanidine groups is 1. The third-order valence-electron chi connectivity index (χ3n) is 5.87. The van der Waals surface area contributed by atoms with Crippen molar-refractivity contribution in [2.75, 3.05) is 70.9 Å². The Balaban J connectivity index is 0.00000341. The first kappa shape index (κ1) is 26.1. The summed E-state index contributed by atoms with van der Waals surface area (Å²) in [6, 6.07) is 3.97. The topological polar surface area (TPSA) is 46.1 Å². The molecule has 31 heavy (non-hydrogen) atoms. The van der Waals surface area contributed by atoms with E-state index < -0.39 is 11.6 Å². The van der Waals surface area contributed by atoms with Crippen LogP contribution in [-0.2, 0) is 0 Å². The zero-order valence-electron chi connectivity index (χ0n) is 18.7. The minimum Gasteiger partial charge on any atom is -0.367 e. The van der Waals surface area contributed by atoms with Gasteiger partial charge in [0.05, 0.1) is 5.69 Å². The second-order valence-corrected chi connectivity index (χ2v) is 8.28. The van der Waals surface area contributed by atoms with Crippen molar-refractivity contribution >= 4 is 35.6 Å². The number of benzene rings is 1. The molecule has 9 heteroatoms. The number of likely N-dealkylation sites (N-methyl/N-ethyl adjacent to an activating group) is 1. The molecule has 2 fully saturated rings. The molecule has 1 atom stereocenters. The predicted octanol–water partition coefficient (Wildman–Crippen LogP) is 2.74. The van der Waals surface area contributed by atoms with Crippen LogP contribution in [0.15, 0.2) is 23.2 Å². The van der Waals surface area contributed by atoms with Crippen LogP contribution in [-0.4, -0.2) is 87.8 Å². The number of hydrogen-bond donors (Lipinski definition) is 2. The zero-order valence-corrected chi connectivity index (χ0v) is 21.1. The molecule has 2 heterocycles. The molecule has 0 aliphatic carbocycles. The van der Waals surface area contributed by atoms with Gasteiger partial charge in [-0.25, -0.2) is 8.78 Å². The van der Waals surface area contributed by atoms with E-state index in [-0.39, 0.29) is 30.0 Å². The largest absolute Gasteiger partial charge is 0.367 e. The summed E-state index contributed by atoms with van der Waals surface area (Å²) in [7, 11) is 2.18. The van der Waals surface area contributed by atoms with Crippen LogP contribution in [0.5, 0.6) is 0 Å². The van der Waals surface area contributed by atoms with Crippen molar-refractivity contribution in [3.8, 4) is 0 Å². The van der Waals surface area contributed by atoms with E-state index in [1.165, 1.54) is 12.1 Å². The molecular formula is C22H37F2IN6. The molecule has 3 rings (SSSR count). The highest BCUT2D eigenvalue weighted by atomic mass is 127. The predicted molar refractivity (Wildman–Crippen MR) is 135 cm³/mol. The molecule has 1 unspecified atom stereocenters. The Labute approximate surface area is 202 Å². The molecule has 2 aliphatic heterocycles. The molecule has 0 aromatic heterocycles. The Morgan fingerprint density at radius 1 is 1.13 bits per heavy atom. The molecule has 2 N–H and O–H groups in total. The van der Waals surface area contributed by atoms with Gasteiger partial charge < -0.3 is 25.3 Å². The molecule has 176 valence electrons. The highest BCUT2D eigenvalue weighted by Crippen LogP contribution is 2.24. The van der Waals surface area contributed by atoms with Crippen molar-refractivity contribution in [2.45, 2.75) is 32.2 Å². The molecule has 0 saturated carbocycles. The third-order valence-corrected chi connectivity index (χ3v) is 5.87. The molecule has 1 aromatic carbocycles. The number of nitrogens with zero attached hydrogens (tertiary/aromatic N) is 4. The number of hydrogen-bond acceptors (Lipinski definition) is 4. The molecule has 1 aromatic rings. The quantitative estimate of drug-likeness (QED) is 0.226. The van der Waals surface area contributed by atoms with Crippen LogP contribution in [0.25, 0.3) is 0 Å². The lowest BCUT2D eigenvalue weighted by Crippen LogP contribution is -2.45. The summed E-state index contributed by atoms with van der Waals surface area (Å²) >= 11 is 0. The fourth-order valence-corrected chi connectivity index (χ4v) is 4.06. The molecular weight excluding hydrogens is 513 g/mol. The summed E-state index contributed by atoms with van der Waals surface area (Å²) in [6.07, 6.45) is 3.12. The van der Waals surface area contributed by atoms with Crippen LogP contribution in [0, 0.1) is 11.6 Å². The lowest BCUT2D eigenvalue weighted by Gasteiger charge is -2.32. The molecule has 0 bridgehead atoms. The Morgan fingerprint density at radius 3 is 2.61 bits per heavy atom. The second-order valence-electron chi connectivity index (χ2n) is 8.28. The van der Waals surface area contributed by atoms with Gasteiger partial charge in [-0.15, -0.1) is 24.0 Å². The third kappa shape index (κ3) is 8.34. The van der Waals surface area contributed by atoms with Gasteiger partial charge in [-0.1, -0.05) is 0 Å². The summed E-state index contributed by atoms with van der Waals surface area (Å²) in [5.41, 5.74) is 0.464. The number of unbranched alkanes of at least 4 members (excludes halogenated alkanes) is 1. The first-order chi connectivity index (χ1) is 14.5. The number of anilines is 1. The first-order valence-corrected chi connectivity index (χ1v) is 11.2. The minimum atomic E-state index is -0.542. The molecule has 2 aliphatic rings. The van der Waals surface area contributed by atoms with Crippen molar-refractivity contribution in [3.63, 3.8) is 0 Å². The van der Waals surface area contributed by atoms with Gasteiger partial charge in [0, 0.05) is 64.5 Å². The summed E-state index contributed by atoms with van der Waals surface area (Å²) < 4.78 is 27.2. The van der Waals surface area contributed by atoms with E-state index in [1.54, 1.807) is 0 Å². The maximum Gasteiger partial charge on any atom is 0.191 e. The molecule has 0 spiro atoms. The van der Waals surface area contributed by atoms with Crippen LogP contribution >= 0.6 is 24.0 Å². The zero-order chi connectivity index (χ0) is 21.3. The lowest BCUT2D eigenvalue weighted by molar-refractivity contribution is 0.152. The summed E-state index contributed by atoms with van der Waals surface area (Å²) in [5.74, 6) is -0.223. The van der Waals surface area contributed by atoms with Gasteiger partial charge in [0.25, 0.3) is 0 Å². The van der Waals surface area contributed by atoms with E-state index in [0.29, 0.717) is 12.2 Å². The normalized spacial score (nSPS) is 20.6. The average Bonchev–Trinajstić information content (AvgIpc) is 3.17. The van der Waals surface area contributed by atoms with Crippen molar-refractivity contribution in [1.29, 1.82) is 0 Å². The van der Waals surface area contributed by atoms with E-state index in [1.807, 2.05) is 4.90 Å². The van der Waals surface area contributed by atoms with Crippen molar-refractivity contribution < 1.29 is 8.78 Å². The average molecular weight is 550 g/mol. The van der Waals surface area contributed by atoms with Crippen molar-refractivity contribution in [2.24, 2.45) is 4.99 Å². The Bertz CT molecular complexity index is 697. The van der Waals surface area contributed by atoms with Crippen LogP contribution in [0.1, 0.15) is 26.2 Å². The summed E-state index contributed by atoms with van der Waals surface area (Å²) in [5, 5.41) is 6.79. The standard InChI is InChI=1S/C22H36F2N6.HI/c1-3-25-22(26-9-4-5-10-29-14-12-28(2)13-15-29)27-19-8-11-30(17-19)21-7-6-18(23)16-20(21)24;/h6-7,16,19H,3-5,8-15,17H2,1-2H3,(H2,25,26,27);1H. The van der Waals surface area contributed by atoms with Gasteiger partial charge in [0.2, 0.25) is 0 Å². The van der Waals surface area contributed by atoms with E-state index in [4.69, 9.17) is 4.99 Å².